The zero-order valence-electron chi connectivity index (χ0n) is 12.3. The van der Waals surface area contributed by atoms with Crippen molar-refractivity contribution < 1.29 is 9.47 Å². The standard InChI is InChI=1S/C17H20BrNO2/c1-3-21-14-8-9-15(16(18)11-14)17(19)10-12-4-6-13(20-2)7-5-12/h4-9,11,17H,3,10,19H2,1-2H3. The molecule has 0 saturated carbocycles. The van der Waals surface area contributed by atoms with E-state index < -0.39 is 0 Å². The van der Waals surface area contributed by atoms with Gasteiger partial charge in [0.15, 0.2) is 0 Å². The highest BCUT2D eigenvalue weighted by molar-refractivity contribution is 9.10. The summed E-state index contributed by atoms with van der Waals surface area (Å²) in [6, 6.07) is 13.9. The number of benzene rings is 2. The monoisotopic (exact) mass is 349 g/mol. The van der Waals surface area contributed by atoms with Crippen LogP contribution in [0.3, 0.4) is 0 Å². The number of hydrogen-bond acceptors (Lipinski definition) is 3. The molecule has 21 heavy (non-hydrogen) atoms. The van der Waals surface area contributed by atoms with Crippen molar-refractivity contribution in [1.82, 2.24) is 0 Å². The molecular weight excluding hydrogens is 330 g/mol. The maximum atomic E-state index is 6.32. The highest BCUT2D eigenvalue weighted by Gasteiger charge is 2.12. The molecule has 3 nitrogen and oxygen atoms in total. The molecule has 112 valence electrons. The molecule has 0 amide bonds. The van der Waals surface area contributed by atoms with Crippen LogP contribution in [0.2, 0.25) is 0 Å². The van der Waals surface area contributed by atoms with Gasteiger partial charge in [0.2, 0.25) is 0 Å². The Bertz CT molecular complexity index is 584. The minimum absolute atomic E-state index is 0.0663. The van der Waals surface area contributed by atoms with E-state index >= 15 is 0 Å². The Morgan fingerprint density at radius 3 is 2.33 bits per heavy atom. The molecule has 0 heterocycles. The summed E-state index contributed by atoms with van der Waals surface area (Å²) in [5, 5.41) is 0. The second-order valence-corrected chi connectivity index (χ2v) is 5.63. The zero-order valence-corrected chi connectivity index (χ0v) is 13.9. The first-order valence-electron chi connectivity index (χ1n) is 6.94. The number of halogens is 1. The Morgan fingerprint density at radius 2 is 1.76 bits per heavy atom. The minimum Gasteiger partial charge on any atom is -0.497 e. The summed E-state index contributed by atoms with van der Waals surface area (Å²) < 4.78 is 11.6. The molecular formula is C17H20BrNO2. The molecule has 4 heteroatoms. The number of hydrogen-bond donors (Lipinski definition) is 1. The van der Waals surface area contributed by atoms with Crippen LogP contribution in [0.15, 0.2) is 46.9 Å². The molecule has 0 aromatic heterocycles. The van der Waals surface area contributed by atoms with Crippen molar-refractivity contribution in [1.29, 1.82) is 0 Å². The molecule has 2 aromatic rings. The Labute approximate surface area is 134 Å². The van der Waals surface area contributed by atoms with Gasteiger partial charge in [0.1, 0.15) is 11.5 Å². The third-order valence-electron chi connectivity index (χ3n) is 3.30. The fraction of sp³-hybridized carbons (Fsp3) is 0.294. The van der Waals surface area contributed by atoms with Crippen LogP contribution in [0.25, 0.3) is 0 Å². The van der Waals surface area contributed by atoms with Crippen molar-refractivity contribution in [2.24, 2.45) is 5.73 Å². The normalized spacial score (nSPS) is 12.0. The predicted octanol–water partition coefficient (Wildman–Crippen LogP) is 4.10. The van der Waals surface area contributed by atoms with Crippen molar-refractivity contribution in [3.63, 3.8) is 0 Å². The first-order valence-corrected chi connectivity index (χ1v) is 7.74. The molecule has 0 fully saturated rings. The molecule has 0 spiro atoms. The number of ether oxygens (including phenoxy) is 2. The maximum absolute atomic E-state index is 6.32. The van der Waals surface area contributed by atoms with Gasteiger partial charge in [0.05, 0.1) is 13.7 Å². The number of rotatable bonds is 6. The lowest BCUT2D eigenvalue weighted by Crippen LogP contribution is -2.14. The van der Waals surface area contributed by atoms with Crippen LogP contribution < -0.4 is 15.2 Å². The first-order chi connectivity index (χ1) is 10.1. The van der Waals surface area contributed by atoms with Crippen molar-refractivity contribution in [2.75, 3.05) is 13.7 Å². The molecule has 0 aliphatic carbocycles. The van der Waals surface area contributed by atoms with Gasteiger partial charge < -0.3 is 15.2 Å². The van der Waals surface area contributed by atoms with E-state index in [9.17, 15) is 0 Å². The molecule has 0 saturated heterocycles. The van der Waals surface area contributed by atoms with E-state index in [0.29, 0.717) is 6.61 Å². The summed E-state index contributed by atoms with van der Waals surface area (Å²) in [7, 11) is 1.66. The predicted molar refractivity (Wildman–Crippen MR) is 88.9 cm³/mol. The topological polar surface area (TPSA) is 44.5 Å². The summed E-state index contributed by atoms with van der Waals surface area (Å²) in [5.74, 6) is 1.71. The Kier molecular flexibility index (Phi) is 5.65. The summed E-state index contributed by atoms with van der Waals surface area (Å²) in [4.78, 5) is 0. The molecule has 2 N–H and O–H groups in total. The van der Waals surface area contributed by atoms with E-state index in [2.05, 4.69) is 15.9 Å². The van der Waals surface area contributed by atoms with Crippen molar-refractivity contribution in [3.8, 4) is 11.5 Å². The first kappa shape index (κ1) is 15.9. The van der Waals surface area contributed by atoms with E-state index in [-0.39, 0.29) is 6.04 Å². The van der Waals surface area contributed by atoms with Crippen LogP contribution in [0.4, 0.5) is 0 Å². The Morgan fingerprint density at radius 1 is 1.10 bits per heavy atom. The second-order valence-electron chi connectivity index (χ2n) is 4.78. The van der Waals surface area contributed by atoms with Gasteiger partial charge in [-0.15, -0.1) is 0 Å². The average molecular weight is 350 g/mol. The molecule has 2 rings (SSSR count). The Hall–Kier alpha value is -1.52. The van der Waals surface area contributed by atoms with Crippen molar-refractivity contribution in [3.05, 3.63) is 58.1 Å². The Balaban J connectivity index is 2.10. The highest BCUT2D eigenvalue weighted by atomic mass is 79.9. The van der Waals surface area contributed by atoms with Crippen LogP contribution in [0.5, 0.6) is 11.5 Å². The molecule has 1 unspecified atom stereocenters. The number of nitrogens with two attached hydrogens (primary N) is 1. The minimum atomic E-state index is -0.0663. The largest absolute Gasteiger partial charge is 0.497 e. The highest BCUT2D eigenvalue weighted by Crippen LogP contribution is 2.28. The van der Waals surface area contributed by atoms with Crippen LogP contribution in [-0.2, 0) is 6.42 Å². The quantitative estimate of drug-likeness (QED) is 0.853. The lowest BCUT2D eigenvalue weighted by atomic mass is 9.99. The van der Waals surface area contributed by atoms with E-state index in [1.54, 1.807) is 7.11 Å². The summed E-state index contributed by atoms with van der Waals surface area (Å²) in [6.45, 7) is 2.63. The SMILES string of the molecule is CCOc1ccc(C(N)Cc2ccc(OC)cc2)c(Br)c1. The molecule has 0 radical (unpaired) electrons. The van der Waals surface area contributed by atoms with Gasteiger partial charge in [-0.25, -0.2) is 0 Å². The second kappa shape index (κ2) is 7.48. The van der Waals surface area contributed by atoms with Gasteiger partial charge in [0, 0.05) is 10.5 Å². The van der Waals surface area contributed by atoms with Crippen LogP contribution in [0.1, 0.15) is 24.1 Å². The van der Waals surface area contributed by atoms with Gasteiger partial charge in [-0.3, -0.25) is 0 Å². The molecule has 1 atom stereocenters. The fourth-order valence-electron chi connectivity index (χ4n) is 2.19. The lowest BCUT2D eigenvalue weighted by molar-refractivity contribution is 0.340. The van der Waals surface area contributed by atoms with Gasteiger partial charge in [-0.2, -0.15) is 0 Å². The molecule has 2 aromatic carbocycles. The fourth-order valence-corrected chi connectivity index (χ4v) is 2.84. The summed E-state index contributed by atoms with van der Waals surface area (Å²) in [6.07, 6.45) is 0.774. The molecule has 0 bridgehead atoms. The van der Waals surface area contributed by atoms with Gasteiger partial charge in [-0.05, 0) is 48.7 Å². The maximum Gasteiger partial charge on any atom is 0.120 e. The van der Waals surface area contributed by atoms with Crippen molar-refractivity contribution in [2.45, 2.75) is 19.4 Å². The third-order valence-corrected chi connectivity index (χ3v) is 3.98. The average Bonchev–Trinajstić information content (AvgIpc) is 2.48. The van der Waals surface area contributed by atoms with E-state index in [1.165, 1.54) is 5.56 Å². The smallest absolute Gasteiger partial charge is 0.120 e. The molecule has 0 aliphatic heterocycles. The van der Waals surface area contributed by atoms with E-state index in [4.69, 9.17) is 15.2 Å². The van der Waals surface area contributed by atoms with Crippen LogP contribution >= 0.6 is 15.9 Å². The van der Waals surface area contributed by atoms with Gasteiger partial charge in [0.25, 0.3) is 0 Å². The van der Waals surface area contributed by atoms with E-state index in [0.717, 1.165) is 28.0 Å². The van der Waals surface area contributed by atoms with E-state index in [1.807, 2.05) is 49.4 Å². The van der Waals surface area contributed by atoms with Crippen LogP contribution in [-0.4, -0.2) is 13.7 Å². The zero-order chi connectivity index (χ0) is 15.2. The van der Waals surface area contributed by atoms with Gasteiger partial charge >= 0.3 is 0 Å². The summed E-state index contributed by atoms with van der Waals surface area (Å²) >= 11 is 3.57. The number of methoxy groups -OCH3 is 1. The third kappa shape index (κ3) is 4.22. The van der Waals surface area contributed by atoms with Crippen molar-refractivity contribution >= 4 is 15.9 Å². The lowest BCUT2D eigenvalue weighted by Gasteiger charge is -2.15. The summed E-state index contributed by atoms with van der Waals surface area (Å²) in [5.41, 5.74) is 8.58. The van der Waals surface area contributed by atoms with Gasteiger partial charge in [-0.1, -0.05) is 34.1 Å². The van der Waals surface area contributed by atoms with Crippen LogP contribution in [0, 0.1) is 0 Å². The molecule has 0 aliphatic rings.